The van der Waals surface area contributed by atoms with Gasteiger partial charge >= 0.3 is 11.9 Å². The normalized spacial score (nSPS) is 11.6. The Kier molecular flexibility index (Phi) is 5.23. The van der Waals surface area contributed by atoms with E-state index in [1.165, 1.54) is 7.11 Å². The van der Waals surface area contributed by atoms with Gasteiger partial charge in [0, 0.05) is 11.8 Å². The number of nitrogens with one attached hydrogen (secondary N) is 1. The van der Waals surface area contributed by atoms with Crippen molar-refractivity contribution in [3.63, 3.8) is 0 Å². The van der Waals surface area contributed by atoms with E-state index in [-0.39, 0.29) is 5.82 Å². The van der Waals surface area contributed by atoms with Crippen molar-refractivity contribution in [2.45, 2.75) is 26.8 Å². The molecule has 0 aliphatic carbocycles. The molecule has 0 aromatic carbocycles. The van der Waals surface area contributed by atoms with Crippen molar-refractivity contribution in [3.05, 3.63) is 17.6 Å². The summed E-state index contributed by atoms with van der Waals surface area (Å²) in [5.41, 5.74) is 0.592. The van der Waals surface area contributed by atoms with Gasteiger partial charge in [0.05, 0.1) is 13.7 Å². The van der Waals surface area contributed by atoms with Crippen LogP contribution in [0.1, 0.15) is 30.2 Å². The highest BCUT2D eigenvalue weighted by molar-refractivity contribution is 5.85. The van der Waals surface area contributed by atoms with E-state index in [1.54, 1.807) is 26.8 Å². The minimum atomic E-state index is -0.629. The van der Waals surface area contributed by atoms with Crippen molar-refractivity contribution < 1.29 is 19.1 Å². The molecule has 1 heterocycles. The Morgan fingerprint density at radius 1 is 1.42 bits per heavy atom. The molecule has 1 N–H and O–H groups in total. The number of esters is 2. The van der Waals surface area contributed by atoms with Gasteiger partial charge in [0.15, 0.2) is 0 Å². The Bertz CT molecular complexity index is 476. The van der Waals surface area contributed by atoms with E-state index in [9.17, 15) is 9.59 Å². The van der Waals surface area contributed by atoms with Gasteiger partial charge in [-0.1, -0.05) is 0 Å². The molecule has 1 aromatic rings. The van der Waals surface area contributed by atoms with Crippen molar-refractivity contribution in [3.8, 4) is 0 Å². The summed E-state index contributed by atoms with van der Waals surface area (Å²) in [4.78, 5) is 30.8. The van der Waals surface area contributed by atoms with Crippen molar-refractivity contribution in [1.29, 1.82) is 0 Å². The molecule has 1 aromatic heterocycles. The first kappa shape index (κ1) is 14.9. The monoisotopic (exact) mass is 267 g/mol. The number of nitrogens with zero attached hydrogens (tertiary/aromatic N) is 2. The smallest absolute Gasteiger partial charge is 0.376 e. The van der Waals surface area contributed by atoms with Crippen LogP contribution in [0.15, 0.2) is 6.07 Å². The fourth-order valence-electron chi connectivity index (χ4n) is 1.37. The molecule has 7 heteroatoms. The molecule has 19 heavy (non-hydrogen) atoms. The van der Waals surface area contributed by atoms with Gasteiger partial charge in [0.1, 0.15) is 11.9 Å². The number of aryl methyl sites for hydroxylation is 1. The molecule has 0 saturated carbocycles. The minimum absolute atomic E-state index is 0.0546. The lowest BCUT2D eigenvalue weighted by atomic mass is 10.3. The number of aromatic nitrogens is 2. The molecular formula is C12H17N3O4. The van der Waals surface area contributed by atoms with Gasteiger partial charge in [-0.25, -0.2) is 19.6 Å². The largest absolute Gasteiger partial charge is 0.464 e. The van der Waals surface area contributed by atoms with Crippen molar-refractivity contribution in [1.82, 2.24) is 9.97 Å². The van der Waals surface area contributed by atoms with Gasteiger partial charge in [0.2, 0.25) is 5.82 Å². The Morgan fingerprint density at radius 2 is 2.11 bits per heavy atom. The second-order valence-corrected chi connectivity index (χ2v) is 3.83. The highest BCUT2D eigenvalue weighted by Crippen LogP contribution is 2.09. The molecule has 0 aliphatic rings. The molecule has 0 spiro atoms. The minimum Gasteiger partial charge on any atom is -0.464 e. The molecule has 104 valence electrons. The summed E-state index contributed by atoms with van der Waals surface area (Å²) in [7, 11) is 1.25. The third-order valence-electron chi connectivity index (χ3n) is 2.23. The van der Waals surface area contributed by atoms with Crippen molar-refractivity contribution >= 4 is 17.8 Å². The standard InChI is InChI=1S/C12H17N3O4/c1-5-19-11(16)8(3)14-9-6-7(2)13-10(15-9)12(17)18-4/h6,8H,5H2,1-4H3,(H,13,14,15). The van der Waals surface area contributed by atoms with Crippen molar-refractivity contribution in [2.75, 3.05) is 19.0 Å². The summed E-state index contributed by atoms with van der Waals surface area (Å²) < 4.78 is 9.42. The maximum atomic E-state index is 11.5. The molecule has 0 saturated heterocycles. The average molecular weight is 267 g/mol. The van der Waals surface area contributed by atoms with Crippen LogP contribution in [0, 0.1) is 6.92 Å². The van der Waals surface area contributed by atoms with E-state index < -0.39 is 18.0 Å². The van der Waals surface area contributed by atoms with Gasteiger partial charge in [-0.3, -0.25) is 0 Å². The fraction of sp³-hybridized carbons (Fsp3) is 0.500. The quantitative estimate of drug-likeness (QED) is 0.794. The average Bonchev–Trinajstić information content (AvgIpc) is 2.37. The van der Waals surface area contributed by atoms with Crippen LogP contribution in [0.25, 0.3) is 0 Å². The first-order valence-electron chi connectivity index (χ1n) is 5.85. The molecule has 1 rings (SSSR count). The van der Waals surface area contributed by atoms with Gasteiger partial charge in [-0.15, -0.1) is 0 Å². The van der Waals surface area contributed by atoms with Crippen LogP contribution in [0.4, 0.5) is 5.82 Å². The van der Waals surface area contributed by atoms with Crippen LogP contribution in [0.5, 0.6) is 0 Å². The Hall–Kier alpha value is -2.18. The zero-order valence-electron chi connectivity index (χ0n) is 11.4. The number of methoxy groups -OCH3 is 1. The molecule has 7 nitrogen and oxygen atoms in total. The molecule has 0 amide bonds. The molecule has 0 aliphatic heterocycles. The summed E-state index contributed by atoms with van der Waals surface area (Å²) >= 11 is 0. The number of rotatable bonds is 5. The molecular weight excluding hydrogens is 250 g/mol. The summed E-state index contributed by atoms with van der Waals surface area (Å²) in [6, 6.07) is 1.06. The third kappa shape index (κ3) is 4.20. The van der Waals surface area contributed by atoms with E-state index in [4.69, 9.17) is 4.74 Å². The fourth-order valence-corrected chi connectivity index (χ4v) is 1.37. The maximum absolute atomic E-state index is 11.5. The number of hydrogen-bond acceptors (Lipinski definition) is 7. The number of carbonyl (C=O) groups is 2. The third-order valence-corrected chi connectivity index (χ3v) is 2.23. The Balaban J connectivity index is 2.86. The van der Waals surface area contributed by atoms with Gasteiger partial charge in [-0.05, 0) is 20.8 Å². The summed E-state index contributed by atoms with van der Waals surface area (Å²) in [6.07, 6.45) is 0. The Morgan fingerprint density at radius 3 is 2.68 bits per heavy atom. The van der Waals surface area contributed by atoms with Crippen LogP contribution in [-0.4, -0.2) is 41.7 Å². The van der Waals surface area contributed by atoms with Crippen LogP contribution < -0.4 is 5.32 Å². The lowest BCUT2D eigenvalue weighted by Gasteiger charge is -2.13. The molecule has 0 fully saturated rings. The molecule has 0 radical (unpaired) electrons. The highest BCUT2D eigenvalue weighted by atomic mass is 16.5. The summed E-state index contributed by atoms with van der Waals surface area (Å²) in [6.45, 7) is 5.40. The SMILES string of the molecule is CCOC(=O)C(C)Nc1cc(C)nc(C(=O)OC)n1. The lowest BCUT2D eigenvalue weighted by molar-refractivity contribution is -0.143. The zero-order valence-corrected chi connectivity index (χ0v) is 11.4. The van der Waals surface area contributed by atoms with Crippen LogP contribution >= 0.6 is 0 Å². The first-order chi connectivity index (χ1) is 8.97. The second-order valence-electron chi connectivity index (χ2n) is 3.83. The van der Waals surface area contributed by atoms with E-state index in [1.807, 2.05) is 0 Å². The number of hydrogen-bond donors (Lipinski definition) is 1. The second kappa shape index (κ2) is 6.67. The first-order valence-corrected chi connectivity index (χ1v) is 5.85. The predicted molar refractivity (Wildman–Crippen MR) is 67.8 cm³/mol. The molecule has 1 unspecified atom stereocenters. The lowest BCUT2D eigenvalue weighted by Crippen LogP contribution is -2.29. The van der Waals surface area contributed by atoms with Crippen LogP contribution in [-0.2, 0) is 14.3 Å². The zero-order chi connectivity index (χ0) is 14.4. The van der Waals surface area contributed by atoms with Gasteiger partial charge < -0.3 is 14.8 Å². The van der Waals surface area contributed by atoms with Gasteiger partial charge in [-0.2, -0.15) is 0 Å². The van der Waals surface area contributed by atoms with E-state index in [0.717, 1.165) is 0 Å². The number of anilines is 1. The number of ether oxygens (including phenoxy) is 2. The maximum Gasteiger partial charge on any atom is 0.376 e. The molecule has 0 bridgehead atoms. The van der Waals surface area contributed by atoms with Crippen molar-refractivity contribution in [2.24, 2.45) is 0 Å². The van der Waals surface area contributed by atoms with Crippen LogP contribution in [0.2, 0.25) is 0 Å². The summed E-state index contributed by atoms with van der Waals surface area (Å²) in [5.74, 6) is -0.705. The molecule has 1 atom stereocenters. The highest BCUT2D eigenvalue weighted by Gasteiger charge is 2.16. The predicted octanol–water partition coefficient (Wildman–Crippen LogP) is 0.935. The van der Waals surface area contributed by atoms with Gasteiger partial charge in [0.25, 0.3) is 0 Å². The Labute approximate surface area is 111 Å². The van der Waals surface area contributed by atoms with E-state index >= 15 is 0 Å². The number of carbonyl (C=O) groups excluding carboxylic acids is 2. The van der Waals surface area contributed by atoms with E-state index in [2.05, 4.69) is 20.0 Å². The topological polar surface area (TPSA) is 90.4 Å². The van der Waals surface area contributed by atoms with E-state index in [0.29, 0.717) is 18.1 Å². The van der Waals surface area contributed by atoms with Crippen LogP contribution in [0.3, 0.4) is 0 Å². The summed E-state index contributed by atoms with van der Waals surface area (Å²) in [5, 5.41) is 2.85.